The molecule has 2 rings (SSSR count). The summed E-state index contributed by atoms with van der Waals surface area (Å²) in [5.74, 6) is -0.210. The molecule has 1 atom stereocenters. The fourth-order valence-corrected chi connectivity index (χ4v) is 2.41. The number of piperidine rings is 1. The fraction of sp³-hybridized carbons (Fsp3) is 0.500. The predicted molar refractivity (Wildman–Crippen MR) is 65.3 cm³/mol. The first-order valence-electron chi connectivity index (χ1n) is 6.16. The zero-order chi connectivity index (χ0) is 12.1. The van der Waals surface area contributed by atoms with Crippen molar-refractivity contribution in [1.82, 2.24) is 5.32 Å². The molecule has 1 N–H and O–H groups in total. The van der Waals surface area contributed by atoms with Crippen LogP contribution in [0.1, 0.15) is 24.8 Å². The van der Waals surface area contributed by atoms with Crippen LogP contribution in [0.15, 0.2) is 24.3 Å². The molecule has 2 nitrogen and oxygen atoms in total. The number of hydrogen-bond acceptors (Lipinski definition) is 2. The Kier molecular flexibility index (Phi) is 3.89. The van der Waals surface area contributed by atoms with Crippen LogP contribution in [-0.4, -0.2) is 19.4 Å². The second kappa shape index (κ2) is 5.41. The molecular weight excluding hydrogens is 217 g/mol. The molecule has 1 fully saturated rings. The third-order valence-corrected chi connectivity index (χ3v) is 3.58. The van der Waals surface area contributed by atoms with Crippen LogP contribution in [0.25, 0.3) is 0 Å². The van der Waals surface area contributed by atoms with Crippen molar-refractivity contribution < 1.29 is 9.18 Å². The van der Waals surface area contributed by atoms with Crippen molar-refractivity contribution in [2.75, 3.05) is 13.1 Å². The van der Waals surface area contributed by atoms with Crippen LogP contribution in [0.2, 0.25) is 0 Å². The molecule has 1 aromatic rings. The minimum absolute atomic E-state index is 0.210. The molecule has 1 heterocycles. The van der Waals surface area contributed by atoms with Gasteiger partial charge in [-0.25, -0.2) is 4.39 Å². The van der Waals surface area contributed by atoms with Gasteiger partial charge in [-0.2, -0.15) is 0 Å². The molecule has 0 aliphatic carbocycles. The summed E-state index contributed by atoms with van der Waals surface area (Å²) in [6, 6.07) is 6.54. The average Bonchev–Trinajstić information content (AvgIpc) is 2.39. The molecule has 1 aromatic carbocycles. The number of carbonyl (C=O) groups is 1. The summed E-state index contributed by atoms with van der Waals surface area (Å²) in [6.07, 6.45) is 4.80. The topological polar surface area (TPSA) is 29.1 Å². The maximum absolute atomic E-state index is 12.8. The molecule has 0 radical (unpaired) electrons. The molecule has 3 heteroatoms. The van der Waals surface area contributed by atoms with Gasteiger partial charge in [-0.15, -0.1) is 0 Å². The summed E-state index contributed by atoms with van der Waals surface area (Å²) in [7, 11) is 0. The second-order valence-corrected chi connectivity index (χ2v) is 4.89. The predicted octanol–water partition coefficient (Wildman–Crippen LogP) is 2.33. The van der Waals surface area contributed by atoms with E-state index in [2.05, 4.69) is 5.32 Å². The molecule has 0 aromatic heterocycles. The third-order valence-electron chi connectivity index (χ3n) is 3.58. The summed E-state index contributed by atoms with van der Waals surface area (Å²) in [5.41, 5.74) is 0.880. The summed E-state index contributed by atoms with van der Waals surface area (Å²) in [6.45, 7) is 1.78. The van der Waals surface area contributed by atoms with Crippen LogP contribution in [0.5, 0.6) is 0 Å². The Morgan fingerprint density at radius 1 is 1.35 bits per heavy atom. The zero-order valence-corrected chi connectivity index (χ0v) is 9.92. The van der Waals surface area contributed by atoms with Crippen LogP contribution in [0.3, 0.4) is 0 Å². The highest BCUT2D eigenvalue weighted by atomic mass is 19.1. The quantitative estimate of drug-likeness (QED) is 0.811. The highest BCUT2D eigenvalue weighted by Gasteiger charge is 2.31. The largest absolute Gasteiger partial charge is 0.316 e. The maximum atomic E-state index is 12.8. The molecule has 17 heavy (non-hydrogen) atoms. The Morgan fingerprint density at radius 3 is 2.71 bits per heavy atom. The number of carbonyl (C=O) groups excluding carboxylic acids is 1. The maximum Gasteiger partial charge on any atom is 0.127 e. The molecule has 0 bridgehead atoms. The van der Waals surface area contributed by atoms with E-state index in [4.69, 9.17) is 0 Å². The van der Waals surface area contributed by atoms with Crippen molar-refractivity contribution in [3.05, 3.63) is 35.6 Å². The lowest BCUT2D eigenvalue weighted by Gasteiger charge is -2.32. The molecular formula is C14H18FNO. The Balaban J connectivity index is 1.95. The highest BCUT2D eigenvalue weighted by Crippen LogP contribution is 2.29. The van der Waals surface area contributed by atoms with Gasteiger partial charge in [0.2, 0.25) is 0 Å². The number of halogens is 1. The van der Waals surface area contributed by atoms with Crippen LogP contribution < -0.4 is 5.32 Å². The number of aryl methyl sites for hydroxylation is 1. The van der Waals surface area contributed by atoms with Gasteiger partial charge in [0.1, 0.15) is 12.1 Å². The van der Waals surface area contributed by atoms with Gasteiger partial charge in [0.25, 0.3) is 0 Å². The number of benzene rings is 1. The van der Waals surface area contributed by atoms with E-state index >= 15 is 0 Å². The van der Waals surface area contributed by atoms with Gasteiger partial charge < -0.3 is 10.1 Å². The van der Waals surface area contributed by atoms with E-state index in [1.54, 1.807) is 12.1 Å². The summed E-state index contributed by atoms with van der Waals surface area (Å²) < 4.78 is 12.8. The molecule has 0 saturated carbocycles. The molecule has 92 valence electrons. The summed E-state index contributed by atoms with van der Waals surface area (Å²) >= 11 is 0. The smallest absolute Gasteiger partial charge is 0.127 e. The number of nitrogens with one attached hydrogen (secondary N) is 1. The van der Waals surface area contributed by atoms with E-state index in [1.165, 1.54) is 12.1 Å². The van der Waals surface area contributed by atoms with Crippen molar-refractivity contribution in [1.29, 1.82) is 0 Å². The minimum atomic E-state index is -0.216. The van der Waals surface area contributed by atoms with E-state index in [-0.39, 0.29) is 11.2 Å². The van der Waals surface area contributed by atoms with Crippen molar-refractivity contribution in [3.63, 3.8) is 0 Å². The first-order chi connectivity index (χ1) is 8.24. The van der Waals surface area contributed by atoms with Crippen molar-refractivity contribution >= 4 is 6.29 Å². The minimum Gasteiger partial charge on any atom is -0.316 e. The van der Waals surface area contributed by atoms with Crippen LogP contribution in [0.4, 0.5) is 4.39 Å². The lowest BCUT2D eigenvalue weighted by Crippen LogP contribution is -2.41. The molecule has 0 amide bonds. The number of hydrogen-bond donors (Lipinski definition) is 1. The fourth-order valence-electron chi connectivity index (χ4n) is 2.41. The van der Waals surface area contributed by atoms with Gasteiger partial charge in [-0.1, -0.05) is 12.1 Å². The SMILES string of the molecule is O=C[C@@]1(CCc2ccc(F)cc2)CCCNC1. The van der Waals surface area contributed by atoms with Crippen molar-refractivity contribution in [2.24, 2.45) is 5.41 Å². The molecule has 1 aliphatic rings. The van der Waals surface area contributed by atoms with Crippen molar-refractivity contribution in [2.45, 2.75) is 25.7 Å². The lowest BCUT2D eigenvalue weighted by molar-refractivity contribution is -0.117. The lowest BCUT2D eigenvalue weighted by atomic mass is 9.77. The summed E-state index contributed by atoms with van der Waals surface area (Å²) in [5, 5.41) is 3.28. The number of rotatable bonds is 4. The highest BCUT2D eigenvalue weighted by molar-refractivity contribution is 5.60. The van der Waals surface area contributed by atoms with Crippen molar-refractivity contribution in [3.8, 4) is 0 Å². The Labute approximate surface area is 101 Å². The summed E-state index contributed by atoms with van der Waals surface area (Å²) in [4.78, 5) is 11.3. The van der Waals surface area contributed by atoms with Crippen LogP contribution in [0, 0.1) is 11.2 Å². The first kappa shape index (κ1) is 12.2. The Hall–Kier alpha value is -1.22. The normalized spacial score (nSPS) is 24.5. The van der Waals surface area contributed by atoms with E-state index in [9.17, 15) is 9.18 Å². The van der Waals surface area contributed by atoms with Gasteiger partial charge in [-0.05, 0) is 49.9 Å². The monoisotopic (exact) mass is 235 g/mol. The van der Waals surface area contributed by atoms with Crippen LogP contribution in [-0.2, 0) is 11.2 Å². The van der Waals surface area contributed by atoms with Gasteiger partial charge in [0.15, 0.2) is 0 Å². The molecule has 0 spiro atoms. The van der Waals surface area contributed by atoms with E-state index in [0.29, 0.717) is 0 Å². The Bertz CT molecular complexity index is 368. The molecule has 1 saturated heterocycles. The van der Waals surface area contributed by atoms with Gasteiger partial charge in [0.05, 0.1) is 0 Å². The standard InChI is InChI=1S/C14H18FNO/c15-13-4-2-12(3-5-13)6-8-14(11-17)7-1-9-16-10-14/h2-5,11,16H,1,6-10H2/t14-/m1/s1. The average molecular weight is 235 g/mol. The van der Waals surface area contributed by atoms with E-state index in [1.807, 2.05) is 0 Å². The molecule has 0 unspecified atom stereocenters. The number of aldehydes is 1. The zero-order valence-electron chi connectivity index (χ0n) is 9.92. The third kappa shape index (κ3) is 3.13. The first-order valence-corrected chi connectivity index (χ1v) is 6.16. The van der Waals surface area contributed by atoms with E-state index in [0.717, 1.165) is 50.6 Å². The van der Waals surface area contributed by atoms with Gasteiger partial charge >= 0.3 is 0 Å². The second-order valence-electron chi connectivity index (χ2n) is 4.89. The van der Waals surface area contributed by atoms with E-state index < -0.39 is 0 Å². The Morgan fingerprint density at radius 2 is 2.12 bits per heavy atom. The van der Waals surface area contributed by atoms with Gasteiger partial charge in [-0.3, -0.25) is 0 Å². The van der Waals surface area contributed by atoms with Gasteiger partial charge in [0, 0.05) is 12.0 Å². The van der Waals surface area contributed by atoms with Crippen LogP contribution >= 0.6 is 0 Å². The molecule has 1 aliphatic heterocycles.